The maximum Gasteiger partial charge on any atom is 0.231 e. The predicted molar refractivity (Wildman–Crippen MR) is 110 cm³/mol. The molecule has 8 heteroatoms. The second-order valence-electron chi connectivity index (χ2n) is 7.23. The lowest BCUT2D eigenvalue weighted by molar-refractivity contribution is -0.121. The number of carbonyl (C=O) groups is 2. The maximum atomic E-state index is 12.3. The van der Waals surface area contributed by atoms with E-state index in [4.69, 9.17) is 0 Å². The molecule has 0 unspecified atom stereocenters. The van der Waals surface area contributed by atoms with E-state index in [1.54, 1.807) is 11.3 Å². The van der Waals surface area contributed by atoms with E-state index in [9.17, 15) is 9.59 Å². The highest BCUT2D eigenvalue weighted by molar-refractivity contribution is 7.14. The molecule has 0 aromatic carbocycles. The molecule has 6 nitrogen and oxygen atoms in total. The third kappa shape index (κ3) is 5.37. The summed E-state index contributed by atoms with van der Waals surface area (Å²) in [5.74, 6) is -0.109. The minimum absolute atomic E-state index is 0.0233. The summed E-state index contributed by atoms with van der Waals surface area (Å²) in [4.78, 5) is 32.0. The van der Waals surface area contributed by atoms with Crippen LogP contribution in [0.25, 0.3) is 0 Å². The van der Waals surface area contributed by atoms with Crippen molar-refractivity contribution < 1.29 is 9.59 Å². The first-order valence-corrected chi connectivity index (χ1v) is 10.9. The lowest BCUT2D eigenvalue weighted by Gasteiger charge is -2.36. The van der Waals surface area contributed by atoms with Gasteiger partial charge >= 0.3 is 0 Å². The molecule has 0 atom stereocenters. The van der Waals surface area contributed by atoms with E-state index in [2.05, 4.69) is 34.6 Å². The molecule has 27 heavy (non-hydrogen) atoms. The summed E-state index contributed by atoms with van der Waals surface area (Å²) < 4.78 is 0. The molecule has 2 heterocycles. The zero-order valence-electron chi connectivity index (χ0n) is 15.8. The number of nitrogens with one attached hydrogen (secondary N) is 2. The first kappa shape index (κ1) is 20.0. The van der Waals surface area contributed by atoms with E-state index in [-0.39, 0.29) is 23.8 Å². The van der Waals surface area contributed by atoms with E-state index >= 15 is 0 Å². The van der Waals surface area contributed by atoms with Gasteiger partial charge in [0.15, 0.2) is 5.13 Å². The number of carbonyl (C=O) groups excluding carboxylic acids is 2. The van der Waals surface area contributed by atoms with Crippen molar-refractivity contribution in [3.8, 4) is 0 Å². The van der Waals surface area contributed by atoms with E-state index < -0.39 is 0 Å². The van der Waals surface area contributed by atoms with Crippen molar-refractivity contribution in [3.63, 3.8) is 0 Å². The molecule has 1 fully saturated rings. The Morgan fingerprint density at radius 1 is 1.19 bits per heavy atom. The standard InChI is InChI=1S/C19H26N4O2S2/c1-23(2)19(7-3-4-8-19)13-20-16(24)10-14-12-27-18(21-14)22-17(25)11-15-6-5-9-26-15/h5-6,9,12H,3-4,7-8,10-11,13H2,1-2H3,(H,20,24)(H,21,22,25). The van der Waals surface area contributed by atoms with Gasteiger partial charge in [-0.3, -0.25) is 9.59 Å². The fourth-order valence-corrected chi connectivity index (χ4v) is 4.92. The van der Waals surface area contributed by atoms with Crippen molar-refractivity contribution in [1.82, 2.24) is 15.2 Å². The lowest BCUT2D eigenvalue weighted by Crippen LogP contribution is -2.51. The molecule has 1 saturated carbocycles. The van der Waals surface area contributed by atoms with Gasteiger partial charge in [-0.2, -0.15) is 0 Å². The Labute approximate surface area is 168 Å². The van der Waals surface area contributed by atoms with Crippen molar-refractivity contribution in [2.45, 2.75) is 44.1 Å². The Morgan fingerprint density at radius 3 is 2.63 bits per heavy atom. The van der Waals surface area contributed by atoms with Crippen LogP contribution in [0.1, 0.15) is 36.3 Å². The molecule has 146 valence electrons. The number of rotatable bonds is 8. The molecule has 0 saturated heterocycles. The number of nitrogens with zero attached hydrogens (tertiary/aromatic N) is 2. The Bertz CT molecular complexity index is 765. The number of anilines is 1. The number of thiazole rings is 1. The fourth-order valence-electron chi connectivity index (χ4n) is 3.49. The van der Waals surface area contributed by atoms with Crippen LogP contribution in [0.15, 0.2) is 22.9 Å². The molecule has 3 rings (SSSR count). The first-order chi connectivity index (χ1) is 13.0. The summed E-state index contributed by atoms with van der Waals surface area (Å²) in [7, 11) is 4.17. The molecule has 1 aliphatic rings. The van der Waals surface area contributed by atoms with Crippen LogP contribution in [-0.4, -0.2) is 47.9 Å². The minimum atomic E-state index is -0.0861. The highest BCUT2D eigenvalue weighted by Crippen LogP contribution is 2.33. The van der Waals surface area contributed by atoms with Gasteiger partial charge in [0.05, 0.1) is 18.5 Å². The van der Waals surface area contributed by atoms with Crippen LogP contribution in [0.3, 0.4) is 0 Å². The molecule has 2 amide bonds. The highest BCUT2D eigenvalue weighted by Gasteiger charge is 2.36. The average molecular weight is 407 g/mol. The Hall–Kier alpha value is -1.77. The van der Waals surface area contributed by atoms with Crippen LogP contribution in [0, 0.1) is 0 Å². The van der Waals surface area contributed by atoms with Crippen molar-refractivity contribution in [3.05, 3.63) is 33.5 Å². The third-order valence-electron chi connectivity index (χ3n) is 5.15. The van der Waals surface area contributed by atoms with Gasteiger partial charge < -0.3 is 15.5 Å². The first-order valence-electron chi connectivity index (χ1n) is 9.18. The van der Waals surface area contributed by atoms with Crippen LogP contribution in [-0.2, 0) is 22.4 Å². The summed E-state index contributed by atoms with van der Waals surface area (Å²) in [5, 5.41) is 10.2. The maximum absolute atomic E-state index is 12.3. The Balaban J connectivity index is 1.47. The van der Waals surface area contributed by atoms with Crippen LogP contribution in [0.2, 0.25) is 0 Å². The molecule has 0 bridgehead atoms. The van der Waals surface area contributed by atoms with Crippen molar-refractivity contribution >= 4 is 39.6 Å². The highest BCUT2D eigenvalue weighted by atomic mass is 32.1. The number of hydrogen-bond acceptors (Lipinski definition) is 6. The smallest absolute Gasteiger partial charge is 0.231 e. The average Bonchev–Trinajstić information content (AvgIpc) is 3.35. The molecule has 2 aromatic heterocycles. The number of likely N-dealkylation sites (N-methyl/N-ethyl adjacent to an activating group) is 1. The van der Waals surface area contributed by atoms with Crippen LogP contribution in [0.4, 0.5) is 5.13 Å². The second-order valence-corrected chi connectivity index (χ2v) is 9.12. The van der Waals surface area contributed by atoms with Crippen molar-refractivity contribution in [1.29, 1.82) is 0 Å². The number of hydrogen-bond donors (Lipinski definition) is 2. The molecule has 0 radical (unpaired) electrons. The predicted octanol–water partition coefficient (Wildman–Crippen LogP) is 2.92. The van der Waals surface area contributed by atoms with E-state index in [0.29, 0.717) is 23.8 Å². The zero-order chi connectivity index (χ0) is 19.3. The summed E-state index contributed by atoms with van der Waals surface area (Å²) in [5.41, 5.74) is 0.771. The fraction of sp³-hybridized carbons (Fsp3) is 0.526. The lowest BCUT2D eigenvalue weighted by atomic mass is 9.96. The Kier molecular flexibility index (Phi) is 6.62. The van der Waals surface area contributed by atoms with Crippen molar-refractivity contribution in [2.75, 3.05) is 26.0 Å². The van der Waals surface area contributed by atoms with Crippen LogP contribution >= 0.6 is 22.7 Å². The number of aromatic nitrogens is 1. The molecule has 0 aliphatic heterocycles. The zero-order valence-corrected chi connectivity index (χ0v) is 17.4. The van der Waals surface area contributed by atoms with E-state index in [1.807, 2.05) is 22.9 Å². The van der Waals surface area contributed by atoms with Crippen LogP contribution < -0.4 is 10.6 Å². The van der Waals surface area contributed by atoms with Gasteiger partial charge in [-0.25, -0.2) is 4.98 Å². The number of thiophene rings is 1. The molecule has 2 aromatic rings. The summed E-state index contributed by atoms with van der Waals surface area (Å²) in [6.45, 7) is 0.674. The SMILES string of the molecule is CN(C)C1(CNC(=O)Cc2csc(NC(=O)Cc3cccs3)n2)CCCC1. The van der Waals surface area contributed by atoms with Gasteiger partial charge in [0.2, 0.25) is 11.8 Å². The second kappa shape index (κ2) is 8.95. The van der Waals surface area contributed by atoms with Crippen LogP contribution in [0.5, 0.6) is 0 Å². The molecular weight excluding hydrogens is 380 g/mol. The van der Waals surface area contributed by atoms with Gasteiger partial charge in [-0.1, -0.05) is 18.9 Å². The molecule has 2 N–H and O–H groups in total. The normalized spacial score (nSPS) is 15.8. The topological polar surface area (TPSA) is 74.3 Å². The van der Waals surface area contributed by atoms with Gasteiger partial charge in [-0.05, 0) is 38.4 Å². The van der Waals surface area contributed by atoms with Gasteiger partial charge in [0.25, 0.3) is 0 Å². The van der Waals surface area contributed by atoms with Gasteiger partial charge in [0.1, 0.15) is 0 Å². The van der Waals surface area contributed by atoms with Crippen molar-refractivity contribution in [2.24, 2.45) is 0 Å². The summed E-state index contributed by atoms with van der Waals surface area (Å²) in [6.07, 6.45) is 5.26. The van der Waals surface area contributed by atoms with E-state index in [1.165, 1.54) is 24.2 Å². The Morgan fingerprint density at radius 2 is 1.96 bits per heavy atom. The largest absolute Gasteiger partial charge is 0.354 e. The molecule has 1 aliphatic carbocycles. The summed E-state index contributed by atoms with van der Waals surface area (Å²) >= 11 is 2.91. The number of amides is 2. The monoisotopic (exact) mass is 406 g/mol. The van der Waals surface area contributed by atoms with E-state index in [0.717, 1.165) is 17.7 Å². The molecule has 0 spiro atoms. The molecular formula is C19H26N4O2S2. The minimum Gasteiger partial charge on any atom is -0.354 e. The van der Waals surface area contributed by atoms with Gasteiger partial charge in [-0.15, -0.1) is 22.7 Å². The third-order valence-corrected chi connectivity index (χ3v) is 6.84. The van der Waals surface area contributed by atoms with Gasteiger partial charge in [0, 0.05) is 22.3 Å². The quantitative estimate of drug-likeness (QED) is 0.707. The summed E-state index contributed by atoms with van der Waals surface area (Å²) in [6, 6.07) is 3.87.